The lowest BCUT2D eigenvalue weighted by Gasteiger charge is -2.10. The Morgan fingerprint density at radius 1 is 1.21 bits per heavy atom. The predicted octanol–water partition coefficient (Wildman–Crippen LogP) is 2.49. The Balaban J connectivity index is 2.43. The summed E-state index contributed by atoms with van der Waals surface area (Å²) in [6.45, 7) is 4.94. The minimum atomic E-state index is 0.104. The number of ether oxygens (including phenoxy) is 1. The lowest BCUT2D eigenvalue weighted by molar-refractivity contribution is 0.0508. The van der Waals surface area contributed by atoms with E-state index in [1.54, 1.807) is 0 Å². The van der Waals surface area contributed by atoms with Gasteiger partial charge >= 0.3 is 0 Å². The zero-order chi connectivity index (χ0) is 10.4. The normalized spacial score (nSPS) is 12.8. The summed E-state index contributed by atoms with van der Waals surface area (Å²) in [6, 6.07) is 7.84. The Morgan fingerprint density at radius 3 is 2.29 bits per heavy atom. The van der Waals surface area contributed by atoms with Gasteiger partial charge in [-0.1, -0.05) is 31.2 Å². The maximum atomic E-state index is 8.85. The molecule has 1 aromatic rings. The SMILES string of the molecule is CCC(C)OCc1ccc(CO)cc1. The summed E-state index contributed by atoms with van der Waals surface area (Å²) in [5.74, 6) is 0. The van der Waals surface area contributed by atoms with Crippen molar-refractivity contribution in [2.45, 2.75) is 39.6 Å². The van der Waals surface area contributed by atoms with E-state index in [2.05, 4.69) is 13.8 Å². The lowest BCUT2D eigenvalue weighted by atomic mass is 10.1. The first-order valence-corrected chi connectivity index (χ1v) is 5.06. The van der Waals surface area contributed by atoms with Gasteiger partial charge in [0.15, 0.2) is 0 Å². The van der Waals surface area contributed by atoms with Gasteiger partial charge in [0.2, 0.25) is 0 Å². The molecule has 0 bridgehead atoms. The minimum absolute atomic E-state index is 0.104. The second-order valence-corrected chi connectivity index (χ2v) is 3.50. The standard InChI is InChI=1S/C12H18O2/c1-3-10(2)14-9-12-6-4-11(8-13)5-7-12/h4-7,10,13H,3,8-9H2,1-2H3. The maximum absolute atomic E-state index is 8.85. The van der Waals surface area contributed by atoms with Gasteiger partial charge in [0, 0.05) is 0 Å². The molecule has 0 aliphatic heterocycles. The Hall–Kier alpha value is -0.860. The number of aliphatic hydroxyl groups excluding tert-OH is 1. The van der Waals surface area contributed by atoms with E-state index >= 15 is 0 Å². The fourth-order valence-electron chi connectivity index (χ4n) is 1.10. The summed E-state index contributed by atoms with van der Waals surface area (Å²) < 4.78 is 5.59. The highest BCUT2D eigenvalue weighted by atomic mass is 16.5. The molecular weight excluding hydrogens is 176 g/mol. The summed E-state index contributed by atoms with van der Waals surface area (Å²) in [6.07, 6.45) is 1.35. The Bertz CT molecular complexity index is 254. The van der Waals surface area contributed by atoms with E-state index in [0.717, 1.165) is 17.5 Å². The molecule has 1 N–H and O–H groups in total. The third-order valence-corrected chi connectivity index (χ3v) is 2.31. The molecule has 1 aromatic carbocycles. The van der Waals surface area contributed by atoms with E-state index in [-0.39, 0.29) is 6.61 Å². The molecule has 0 aromatic heterocycles. The van der Waals surface area contributed by atoms with Crippen molar-refractivity contribution in [1.82, 2.24) is 0 Å². The van der Waals surface area contributed by atoms with E-state index in [0.29, 0.717) is 12.7 Å². The quantitative estimate of drug-likeness (QED) is 0.780. The summed E-state index contributed by atoms with van der Waals surface area (Å²) in [4.78, 5) is 0. The van der Waals surface area contributed by atoms with Gasteiger partial charge < -0.3 is 9.84 Å². The molecule has 1 rings (SSSR count). The molecule has 1 atom stereocenters. The van der Waals surface area contributed by atoms with Gasteiger partial charge in [0.05, 0.1) is 19.3 Å². The molecule has 14 heavy (non-hydrogen) atoms. The number of rotatable bonds is 5. The largest absolute Gasteiger partial charge is 0.392 e. The fraction of sp³-hybridized carbons (Fsp3) is 0.500. The van der Waals surface area contributed by atoms with Crippen molar-refractivity contribution in [3.05, 3.63) is 35.4 Å². The highest BCUT2D eigenvalue weighted by Gasteiger charge is 1.99. The second-order valence-electron chi connectivity index (χ2n) is 3.50. The van der Waals surface area contributed by atoms with Crippen LogP contribution in [0.4, 0.5) is 0 Å². The molecule has 0 spiro atoms. The zero-order valence-electron chi connectivity index (χ0n) is 8.86. The van der Waals surface area contributed by atoms with Gasteiger partial charge in [0.1, 0.15) is 0 Å². The van der Waals surface area contributed by atoms with Crippen LogP contribution in [0.1, 0.15) is 31.4 Å². The van der Waals surface area contributed by atoms with Crippen molar-refractivity contribution in [2.24, 2.45) is 0 Å². The first-order valence-electron chi connectivity index (χ1n) is 5.06. The molecule has 0 amide bonds. The third kappa shape index (κ3) is 3.48. The smallest absolute Gasteiger partial charge is 0.0720 e. The average molecular weight is 194 g/mol. The topological polar surface area (TPSA) is 29.5 Å². The van der Waals surface area contributed by atoms with Gasteiger partial charge in [-0.15, -0.1) is 0 Å². The third-order valence-electron chi connectivity index (χ3n) is 2.31. The van der Waals surface area contributed by atoms with Gasteiger partial charge in [-0.25, -0.2) is 0 Å². The van der Waals surface area contributed by atoms with Crippen LogP contribution >= 0.6 is 0 Å². The number of aliphatic hydroxyl groups is 1. The zero-order valence-corrected chi connectivity index (χ0v) is 8.86. The molecule has 0 fully saturated rings. The first-order chi connectivity index (χ1) is 6.76. The van der Waals surface area contributed by atoms with Crippen molar-refractivity contribution in [1.29, 1.82) is 0 Å². The van der Waals surface area contributed by atoms with E-state index in [9.17, 15) is 0 Å². The van der Waals surface area contributed by atoms with Crippen LogP contribution in [-0.2, 0) is 18.0 Å². The fourth-order valence-corrected chi connectivity index (χ4v) is 1.10. The van der Waals surface area contributed by atoms with Gasteiger partial charge in [-0.2, -0.15) is 0 Å². The predicted molar refractivity (Wildman–Crippen MR) is 56.9 cm³/mol. The van der Waals surface area contributed by atoms with Crippen LogP contribution in [0.25, 0.3) is 0 Å². The van der Waals surface area contributed by atoms with Crippen LogP contribution in [-0.4, -0.2) is 11.2 Å². The molecule has 0 saturated carbocycles. The Morgan fingerprint density at radius 2 is 1.79 bits per heavy atom. The molecule has 78 valence electrons. The summed E-state index contributed by atoms with van der Waals surface area (Å²) in [5, 5.41) is 8.85. The van der Waals surface area contributed by atoms with Gasteiger partial charge in [0.25, 0.3) is 0 Å². The first kappa shape index (κ1) is 11.2. The summed E-state index contributed by atoms with van der Waals surface area (Å²) in [7, 11) is 0. The van der Waals surface area contributed by atoms with Crippen molar-refractivity contribution in [3.63, 3.8) is 0 Å². The van der Waals surface area contributed by atoms with Crippen LogP contribution in [0.15, 0.2) is 24.3 Å². The van der Waals surface area contributed by atoms with E-state index in [1.807, 2.05) is 24.3 Å². The Labute approximate surface area is 85.5 Å². The molecule has 0 aliphatic carbocycles. The van der Waals surface area contributed by atoms with Gasteiger partial charge in [-0.05, 0) is 24.5 Å². The van der Waals surface area contributed by atoms with Crippen LogP contribution < -0.4 is 0 Å². The maximum Gasteiger partial charge on any atom is 0.0720 e. The van der Waals surface area contributed by atoms with E-state index in [1.165, 1.54) is 0 Å². The molecule has 0 heterocycles. The van der Waals surface area contributed by atoms with Crippen LogP contribution in [0.2, 0.25) is 0 Å². The summed E-state index contributed by atoms with van der Waals surface area (Å²) >= 11 is 0. The highest BCUT2D eigenvalue weighted by molar-refractivity contribution is 5.21. The highest BCUT2D eigenvalue weighted by Crippen LogP contribution is 2.07. The van der Waals surface area contributed by atoms with E-state index < -0.39 is 0 Å². The van der Waals surface area contributed by atoms with Crippen molar-refractivity contribution < 1.29 is 9.84 Å². The van der Waals surface area contributed by atoms with Crippen LogP contribution in [0.5, 0.6) is 0 Å². The monoisotopic (exact) mass is 194 g/mol. The molecular formula is C12H18O2. The van der Waals surface area contributed by atoms with Crippen molar-refractivity contribution in [3.8, 4) is 0 Å². The molecule has 0 aliphatic rings. The number of hydrogen-bond acceptors (Lipinski definition) is 2. The average Bonchev–Trinajstić information content (AvgIpc) is 2.26. The molecule has 1 unspecified atom stereocenters. The number of benzene rings is 1. The van der Waals surface area contributed by atoms with Crippen LogP contribution in [0.3, 0.4) is 0 Å². The molecule has 2 heteroatoms. The lowest BCUT2D eigenvalue weighted by Crippen LogP contribution is -2.05. The summed E-state index contributed by atoms with van der Waals surface area (Å²) in [5.41, 5.74) is 2.10. The second kappa shape index (κ2) is 5.78. The Kier molecular flexibility index (Phi) is 4.63. The molecule has 2 nitrogen and oxygen atoms in total. The van der Waals surface area contributed by atoms with Crippen molar-refractivity contribution in [2.75, 3.05) is 0 Å². The van der Waals surface area contributed by atoms with E-state index in [4.69, 9.17) is 9.84 Å². The molecule has 0 radical (unpaired) electrons. The van der Waals surface area contributed by atoms with Gasteiger partial charge in [-0.3, -0.25) is 0 Å². The minimum Gasteiger partial charge on any atom is -0.392 e. The number of hydrogen-bond donors (Lipinski definition) is 1. The molecule has 0 saturated heterocycles. The van der Waals surface area contributed by atoms with Crippen molar-refractivity contribution >= 4 is 0 Å². The van der Waals surface area contributed by atoms with Crippen LogP contribution in [0, 0.1) is 0 Å².